The molecule has 0 aliphatic rings. The van der Waals surface area contributed by atoms with Crippen LogP contribution in [0.4, 0.5) is 28.9 Å². The van der Waals surface area contributed by atoms with Gasteiger partial charge < -0.3 is 20.1 Å². The Morgan fingerprint density at radius 1 is 0.575 bits per heavy atom. The van der Waals surface area contributed by atoms with Gasteiger partial charge >= 0.3 is 0 Å². The van der Waals surface area contributed by atoms with Crippen LogP contribution in [-0.4, -0.2) is 98.4 Å². The molecule has 20 nitrogen and oxygen atoms in total. The number of ether oxygens (including phenoxy) is 2. The maximum atomic E-state index is 13.4. The van der Waals surface area contributed by atoms with Crippen molar-refractivity contribution in [1.82, 2.24) is 39.7 Å². The van der Waals surface area contributed by atoms with E-state index >= 15 is 0 Å². The second-order valence-electron chi connectivity index (χ2n) is 17.6. The van der Waals surface area contributed by atoms with Crippen LogP contribution in [0, 0.1) is 23.5 Å². The maximum Gasteiger partial charge on any atom is 0.263 e. The summed E-state index contributed by atoms with van der Waals surface area (Å²) in [6.45, 7) is 1.70. The van der Waals surface area contributed by atoms with Gasteiger partial charge in [0.15, 0.2) is 0 Å². The van der Waals surface area contributed by atoms with Crippen LogP contribution in [0.5, 0.6) is 11.8 Å². The number of nitrogens with one attached hydrogen (secondary N) is 4. The number of hydrogen-bond acceptors (Lipinski definition) is 14. The monoisotopic (exact) mass is 1180 g/mol. The minimum atomic E-state index is -4.25. The van der Waals surface area contributed by atoms with Gasteiger partial charge in [0.05, 0.1) is 70.6 Å². The first-order valence-corrected chi connectivity index (χ1v) is 27.5. The number of carbonyl (C=O) groups excluding carboxylic acids is 2. The van der Waals surface area contributed by atoms with Crippen molar-refractivity contribution in [3.8, 4) is 34.0 Å². The number of benzene rings is 4. The molecule has 420 valence electrons. The Bertz CT molecular complexity index is 3760. The van der Waals surface area contributed by atoms with Crippen molar-refractivity contribution in [2.24, 2.45) is 11.8 Å². The molecule has 4 aromatic heterocycles. The standard InChI is InChI=1S/2C26H24ClF2N5O5S/c2*1-15(24(35)30-8-7-28)13-34-14-32-21-5-3-16(9-19(21)26(34)36)17-10-22(25(39-2)31-12-17)33-40(37,38)23-6-4-18(29)11-20(23)27/h2*3-6,9-12,14-15,33H,7-8,13H2,1-2H3,(H,30,35)/t2*15-/m10/s1. The van der Waals surface area contributed by atoms with Gasteiger partial charge in [-0.05, 0) is 83.9 Å². The number of pyridine rings is 2. The van der Waals surface area contributed by atoms with E-state index in [1.165, 1.54) is 60.5 Å². The van der Waals surface area contributed by atoms with Crippen molar-refractivity contribution in [3.63, 3.8) is 0 Å². The number of carbonyl (C=O) groups is 2. The van der Waals surface area contributed by atoms with Crippen molar-refractivity contribution >= 4 is 88.2 Å². The molecule has 0 aliphatic heterocycles. The Hall–Kier alpha value is -8.20. The lowest BCUT2D eigenvalue weighted by molar-refractivity contribution is -0.125. The zero-order valence-electron chi connectivity index (χ0n) is 42.6. The van der Waals surface area contributed by atoms with E-state index in [2.05, 4.69) is 40.0 Å². The van der Waals surface area contributed by atoms with E-state index in [1.54, 1.807) is 50.2 Å². The van der Waals surface area contributed by atoms with Crippen LogP contribution >= 0.6 is 23.2 Å². The topological polar surface area (TPSA) is 265 Å². The summed E-state index contributed by atoms with van der Waals surface area (Å²) in [6, 6.07) is 18.5. The minimum Gasteiger partial charge on any atom is -0.480 e. The van der Waals surface area contributed by atoms with Crippen LogP contribution in [0.2, 0.25) is 10.0 Å². The zero-order valence-corrected chi connectivity index (χ0v) is 45.8. The molecule has 0 saturated heterocycles. The largest absolute Gasteiger partial charge is 0.480 e. The number of methoxy groups -OCH3 is 2. The van der Waals surface area contributed by atoms with E-state index in [4.69, 9.17) is 32.7 Å². The number of halogens is 6. The highest BCUT2D eigenvalue weighted by Gasteiger charge is 2.24. The number of sulfonamides is 2. The average molecular weight is 1180 g/mol. The molecule has 4 heterocycles. The number of aromatic nitrogens is 6. The zero-order chi connectivity index (χ0) is 58.1. The smallest absolute Gasteiger partial charge is 0.263 e. The Morgan fingerprint density at radius 3 is 1.31 bits per heavy atom. The van der Waals surface area contributed by atoms with E-state index in [9.17, 15) is 53.6 Å². The summed E-state index contributed by atoms with van der Waals surface area (Å²) >= 11 is 11.9. The lowest BCUT2D eigenvalue weighted by atomic mass is 10.0. The number of amides is 2. The van der Waals surface area contributed by atoms with E-state index in [-0.39, 0.29) is 91.7 Å². The molecule has 0 radical (unpaired) electrons. The maximum absolute atomic E-state index is 13.4. The molecule has 2 atom stereocenters. The van der Waals surface area contributed by atoms with Gasteiger partial charge in [-0.1, -0.05) is 49.2 Å². The summed E-state index contributed by atoms with van der Waals surface area (Å²) in [7, 11) is -5.87. The molecular formula is C52H48Cl2F4N10O10S2. The lowest BCUT2D eigenvalue weighted by Gasteiger charge is -2.14. The number of hydrogen-bond donors (Lipinski definition) is 4. The Morgan fingerprint density at radius 2 is 0.963 bits per heavy atom. The highest BCUT2D eigenvalue weighted by molar-refractivity contribution is 7.93. The first kappa shape index (κ1) is 59.5. The van der Waals surface area contributed by atoms with Crippen LogP contribution in [0.25, 0.3) is 44.1 Å². The van der Waals surface area contributed by atoms with Crippen LogP contribution in [0.3, 0.4) is 0 Å². The third-order valence-electron chi connectivity index (χ3n) is 11.9. The molecule has 0 bridgehead atoms. The summed E-state index contributed by atoms with van der Waals surface area (Å²) in [5.74, 6) is -3.44. The van der Waals surface area contributed by atoms with Crippen LogP contribution in [0.15, 0.2) is 129 Å². The quantitative estimate of drug-likeness (QED) is 0.0537. The molecule has 4 N–H and O–H groups in total. The number of fused-ring (bicyclic) bond motifs is 2. The molecular weight excluding hydrogens is 1140 g/mol. The second kappa shape index (κ2) is 25.7. The SMILES string of the molecule is COc1ncc(-c2ccc3ncn(C[C@@H](C)C(=O)NCCF)c(=O)c3c2)cc1NS(=O)(=O)c1ccc(F)cc1Cl.COc1ncc(-c2ccc3ncn(C[C@H](C)C(=O)NCCF)c(=O)c3c2)cc1NS(=O)(=O)c1ccc(F)cc1Cl. The van der Waals surface area contributed by atoms with Crippen molar-refractivity contribution < 1.29 is 53.5 Å². The molecule has 0 saturated carbocycles. The number of alkyl halides is 2. The highest BCUT2D eigenvalue weighted by atomic mass is 35.5. The average Bonchev–Trinajstić information content (AvgIpc) is 3.42. The molecule has 0 aliphatic carbocycles. The molecule has 8 rings (SSSR count). The fourth-order valence-electron chi connectivity index (χ4n) is 7.86. The summed E-state index contributed by atoms with van der Waals surface area (Å²) in [5, 5.41) is 4.80. The number of anilines is 2. The molecule has 28 heteroatoms. The number of rotatable bonds is 20. The lowest BCUT2D eigenvalue weighted by Crippen LogP contribution is -2.35. The molecule has 0 spiro atoms. The van der Waals surface area contributed by atoms with E-state index in [1.807, 2.05) is 0 Å². The van der Waals surface area contributed by atoms with E-state index < -0.39 is 68.0 Å². The number of nitrogens with zero attached hydrogens (tertiary/aromatic N) is 6. The van der Waals surface area contributed by atoms with Crippen LogP contribution < -0.4 is 40.7 Å². The molecule has 80 heavy (non-hydrogen) atoms. The van der Waals surface area contributed by atoms with Crippen molar-refractivity contribution in [1.29, 1.82) is 0 Å². The summed E-state index contributed by atoms with van der Waals surface area (Å²) in [4.78, 5) is 67.0. The third kappa shape index (κ3) is 14.0. The molecule has 8 aromatic rings. The van der Waals surface area contributed by atoms with Gasteiger partial charge in [-0.25, -0.2) is 54.3 Å². The second-order valence-corrected chi connectivity index (χ2v) is 21.7. The molecule has 0 unspecified atom stereocenters. The Kier molecular flexibility index (Phi) is 19.1. The van der Waals surface area contributed by atoms with Crippen LogP contribution in [-0.2, 0) is 42.7 Å². The molecule has 4 aromatic carbocycles. The normalized spacial score (nSPS) is 12.2. The first-order valence-electron chi connectivity index (χ1n) is 23.8. The van der Waals surface area contributed by atoms with Gasteiger partial charge in [0.2, 0.25) is 23.6 Å². The summed E-state index contributed by atoms with van der Waals surface area (Å²) in [6.07, 6.45) is 5.56. The third-order valence-corrected chi connectivity index (χ3v) is 15.6. The van der Waals surface area contributed by atoms with Crippen molar-refractivity contribution in [3.05, 3.63) is 152 Å². The Labute approximate surface area is 464 Å². The van der Waals surface area contributed by atoms with Gasteiger partial charge in [-0.2, -0.15) is 0 Å². The minimum absolute atomic E-state index is 0.0165. The van der Waals surface area contributed by atoms with Gasteiger partial charge in [0.25, 0.3) is 31.2 Å². The summed E-state index contributed by atoms with van der Waals surface area (Å²) in [5.41, 5.74) is 1.92. The predicted octanol–water partition coefficient (Wildman–Crippen LogP) is 7.56. The fourth-order valence-corrected chi connectivity index (χ4v) is 11.0. The van der Waals surface area contributed by atoms with E-state index in [0.717, 1.165) is 36.4 Å². The molecule has 2 amide bonds. The first-order chi connectivity index (χ1) is 38.1. The van der Waals surface area contributed by atoms with E-state index in [0.29, 0.717) is 33.3 Å². The van der Waals surface area contributed by atoms with Gasteiger partial charge in [-0.3, -0.25) is 37.8 Å². The predicted molar refractivity (Wildman–Crippen MR) is 292 cm³/mol. The van der Waals surface area contributed by atoms with Gasteiger partial charge in [0.1, 0.15) is 46.1 Å². The highest BCUT2D eigenvalue weighted by Crippen LogP contribution is 2.34. The fraction of sp³-hybridized carbons (Fsp3) is 0.231. The van der Waals surface area contributed by atoms with Gasteiger partial charge in [-0.15, -0.1) is 0 Å². The van der Waals surface area contributed by atoms with Crippen LogP contribution in [0.1, 0.15) is 13.8 Å². The summed E-state index contributed by atoms with van der Waals surface area (Å²) < 4.78 is 121. The molecule has 0 fully saturated rings. The van der Waals surface area contributed by atoms with Crippen molar-refractivity contribution in [2.45, 2.75) is 36.7 Å². The Balaban J connectivity index is 0.000000231. The van der Waals surface area contributed by atoms with Crippen molar-refractivity contribution in [2.75, 3.05) is 50.1 Å². The van der Waals surface area contributed by atoms with Gasteiger partial charge in [0, 0.05) is 49.7 Å².